The maximum Gasteiger partial charge on any atom is 0.0282 e. The molecule has 3 heteroatoms. The van der Waals surface area contributed by atoms with Crippen LogP contribution in [-0.2, 0) is 6.42 Å². The Labute approximate surface area is 102 Å². The van der Waals surface area contributed by atoms with E-state index in [1.807, 2.05) is 11.3 Å². The molecule has 0 aromatic carbocycles. The summed E-state index contributed by atoms with van der Waals surface area (Å²) in [7, 11) is 0. The number of thiophene rings is 1. The van der Waals surface area contributed by atoms with E-state index in [4.69, 9.17) is 5.84 Å². The van der Waals surface area contributed by atoms with Crippen LogP contribution < -0.4 is 11.3 Å². The summed E-state index contributed by atoms with van der Waals surface area (Å²) in [5, 5.41) is 2.23. The van der Waals surface area contributed by atoms with Gasteiger partial charge in [-0.1, -0.05) is 13.8 Å². The van der Waals surface area contributed by atoms with Gasteiger partial charge in [0.1, 0.15) is 0 Å². The Bertz CT molecular complexity index is 332. The number of nitrogens with two attached hydrogens (primary N) is 1. The first-order valence-electron chi connectivity index (χ1n) is 6.24. The number of hydrazine groups is 1. The smallest absolute Gasteiger partial charge is 0.0282 e. The molecule has 0 aliphatic heterocycles. The van der Waals surface area contributed by atoms with Crippen LogP contribution >= 0.6 is 11.3 Å². The lowest BCUT2D eigenvalue weighted by Crippen LogP contribution is -2.41. The van der Waals surface area contributed by atoms with Gasteiger partial charge in [0.25, 0.3) is 0 Å². The third-order valence-electron chi connectivity index (χ3n) is 3.52. The molecular weight excluding hydrogens is 216 g/mol. The van der Waals surface area contributed by atoms with Crippen LogP contribution in [0.25, 0.3) is 0 Å². The van der Waals surface area contributed by atoms with E-state index in [0.29, 0.717) is 17.9 Å². The first kappa shape index (κ1) is 12.1. The van der Waals surface area contributed by atoms with Gasteiger partial charge in [-0.05, 0) is 48.6 Å². The SMILES string of the molecule is CC(C)CC(NN)C1CCCc2sccc21. The van der Waals surface area contributed by atoms with Crippen LogP contribution in [0.4, 0.5) is 0 Å². The predicted molar refractivity (Wildman–Crippen MR) is 70.6 cm³/mol. The summed E-state index contributed by atoms with van der Waals surface area (Å²) >= 11 is 1.91. The van der Waals surface area contributed by atoms with E-state index in [1.54, 1.807) is 10.4 Å². The van der Waals surface area contributed by atoms with E-state index in [9.17, 15) is 0 Å². The largest absolute Gasteiger partial charge is 0.271 e. The van der Waals surface area contributed by atoms with Crippen LogP contribution in [-0.4, -0.2) is 6.04 Å². The lowest BCUT2D eigenvalue weighted by Gasteiger charge is -2.31. The molecule has 1 aliphatic rings. The Morgan fingerprint density at radius 3 is 3.06 bits per heavy atom. The van der Waals surface area contributed by atoms with Crippen molar-refractivity contribution < 1.29 is 0 Å². The van der Waals surface area contributed by atoms with Gasteiger partial charge in [0.15, 0.2) is 0 Å². The van der Waals surface area contributed by atoms with Gasteiger partial charge in [-0.25, -0.2) is 0 Å². The highest BCUT2D eigenvalue weighted by Gasteiger charge is 2.28. The van der Waals surface area contributed by atoms with Crippen molar-refractivity contribution in [3.63, 3.8) is 0 Å². The second-order valence-corrected chi connectivity index (χ2v) is 6.20. The van der Waals surface area contributed by atoms with Crippen molar-refractivity contribution in [1.29, 1.82) is 0 Å². The van der Waals surface area contributed by atoms with Crippen LogP contribution in [0.3, 0.4) is 0 Å². The van der Waals surface area contributed by atoms with E-state index < -0.39 is 0 Å². The van der Waals surface area contributed by atoms with Gasteiger partial charge in [-0.2, -0.15) is 0 Å². The van der Waals surface area contributed by atoms with E-state index in [0.717, 1.165) is 6.42 Å². The molecule has 2 unspecified atom stereocenters. The molecule has 2 atom stereocenters. The maximum absolute atomic E-state index is 5.73. The second-order valence-electron chi connectivity index (χ2n) is 5.20. The van der Waals surface area contributed by atoms with Crippen molar-refractivity contribution >= 4 is 11.3 Å². The summed E-state index contributed by atoms with van der Waals surface area (Å²) in [6.45, 7) is 4.53. The zero-order valence-corrected chi connectivity index (χ0v) is 11.0. The lowest BCUT2D eigenvalue weighted by atomic mass is 9.80. The molecule has 1 aliphatic carbocycles. The predicted octanol–water partition coefficient (Wildman–Crippen LogP) is 3.05. The quantitative estimate of drug-likeness (QED) is 0.625. The Morgan fingerprint density at radius 1 is 1.56 bits per heavy atom. The summed E-state index contributed by atoms with van der Waals surface area (Å²) in [4.78, 5) is 1.58. The molecule has 1 heterocycles. The highest BCUT2D eigenvalue weighted by Crippen LogP contribution is 2.38. The first-order chi connectivity index (χ1) is 7.72. The molecule has 16 heavy (non-hydrogen) atoms. The van der Waals surface area contributed by atoms with E-state index in [2.05, 4.69) is 30.7 Å². The Morgan fingerprint density at radius 2 is 2.38 bits per heavy atom. The summed E-state index contributed by atoms with van der Waals surface area (Å²) in [5.74, 6) is 7.06. The molecule has 0 radical (unpaired) electrons. The van der Waals surface area contributed by atoms with Crippen molar-refractivity contribution in [2.24, 2.45) is 11.8 Å². The van der Waals surface area contributed by atoms with Gasteiger partial charge in [0.2, 0.25) is 0 Å². The molecule has 1 aromatic rings. The molecule has 0 bridgehead atoms. The summed E-state index contributed by atoms with van der Waals surface area (Å²) in [5.41, 5.74) is 4.59. The van der Waals surface area contributed by atoms with Crippen molar-refractivity contribution in [3.05, 3.63) is 21.9 Å². The number of fused-ring (bicyclic) bond motifs is 1. The molecule has 90 valence electrons. The fourth-order valence-corrected chi connectivity index (χ4v) is 3.79. The van der Waals surface area contributed by atoms with Crippen molar-refractivity contribution in [2.45, 2.75) is 51.5 Å². The minimum Gasteiger partial charge on any atom is -0.271 e. The molecule has 1 aromatic heterocycles. The Kier molecular flexibility index (Phi) is 4.00. The number of hydrogen-bond acceptors (Lipinski definition) is 3. The highest BCUT2D eigenvalue weighted by molar-refractivity contribution is 7.10. The molecule has 3 N–H and O–H groups in total. The Balaban J connectivity index is 2.15. The van der Waals surface area contributed by atoms with Crippen LogP contribution in [0.5, 0.6) is 0 Å². The number of nitrogens with one attached hydrogen (secondary N) is 1. The van der Waals surface area contributed by atoms with Crippen LogP contribution in [0, 0.1) is 5.92 Å². The minimum absolute atomic E-state index is 0.439. The highest BCUT2D eigenvalue weighted by atomic mass is 32.1. The molecule has 0 amide bonds. The zero-order chi connectivity index (χ0) is 11.5. The van der Waals surface area contributed by atoms with Gasteiger partial charge in [0.05, 0.1) is 0 Å². The van der Waals surface area contributed by atoms with Crippen LogP contribution in [0.1, 0.15) is 49.5 Å². The maximum atomic E-state index is 5.73. The summed E-state index contributed by atoms with van der Waals surface area (Å²) in [6, 6.07) is 2.74. The monoisotopic (exact) mass is 238 g/mol. The fraction of sp³-hybridized carbons (Fsp3) is 0.692. The van der Waals surface area contributed by atoms with Gasteiger partial charge < -0.3 is 0 Å². The Hall–Kier alpha value is -0.380. The number of aryl methyl sites for hydroxylation is 1. The minimum atomic E-state index is 0.439. The molecule has 2 nitrogen and oxygen atoms in total. The molecule has 0 fully saturated rings. The number of rotatable bonds is 4. The van der Waals surface area contributed by atoms with Gasteiger partial charge in [0, 0.05) is 16.8 Å². The molecule has 2 rings (SSSR count). The third kappa shape index (κ3) is 2.47. The van der Waals surface area contributed by atoms with E-state index in [1.165, 1.54) is 19.3 Å². The van der Waals surface area contributed by atoms with Crippen molar-refractivity contribution in [1.82, 2.24) is 5.43 Å². The normalized spacial score (nSPS) is 22.1. The lowest BCUT2D eigenvalue weighted by molar-refractivity contribution is 0.344. The first-order valence-corrected chi connectivity index (χ1v) is 7.12. The standard InChI is InChI=1S/C13H22N2S/c1-9(2)8-12(15-14)10-4-3-5-13-11(10)6-7-16-13/h6-7,9-10,12,15H,3-5,8,14H2,1-2H3. The van der Waals surface area contributed by atoms with Crippen molar-refractivity contribution in [3.8, 4) is 0 Å². The van der Waals surface area contributed by atoms with E-state index >= 15 is 0 Å². The van der Waals surface area contributed by atoms with Gasteiger partial charge in [-0.15, -0.1) is 11.3 Å². The average molecular weight is 238 g/mol. The van der Waals surface area contributed by atoms with Gasteiger partial charge >= 0.3 is 0 Å². The molecular formula is C13H22N2S. The third-order valence-corrected chi connectivity index (χ3v) is 4.52. The summed E-state index contributed by atoms with van der Waals surface area (Å²) in [6.07, 6.45) is 5.03. The van der Waals surface area contributed by atoms with Crippen LogP contribution in [0.2, 0.25) is 0 Å². The topological polar surface area (TPSA) is 38.0 Å². The molecule has 0 spiro atoms. The second kappa shape index (κ2) is 5.30. The van der Waals surface area contributed by atoms with Gasteiger partial charge in [-0.3, -0.25) is 11.3 Å². The van der Waals surface area contributed by atoms with Crippen LogP contribution in [0.15, 0.2) is 11.4 Å². The zero-order valence-electron chi connectivity index (χ0n) is 10.2. The van der Waals surface area contributed by atoms with Crippen molar-refractivity contribution in [2.75, 3.05) is 0 Å². The summed E-state index contributed by atoms with van der Waals surface area (Å²) < 4.78 is 0. The fourth-order valence-electron chi connectivity index (χ4n) is 2.80. The van der Waals surface area contributed by atoms with E-state index in [-0.39, 0.29) is 0 Å². The average Bonchev–Trinajstić information content (AvgIpc) is 2.73. The molecule has 0 saturated heterocycles. The molecule has 0 saturated carbocycles. The number of hydrogen-bond donors (Lipinski definition) is 2.